The molecule has 2 N–H and O–H groups in total. The number of benzene rings is 1. The topological polar surface area (TPSA) is 83.3 Å². The van der Waals surface area contributed by atoms with Gasteiger partial charge in [-0.25, -0.2) is 0 Å². The summed E-state index contributed by atoms with van der Waals surface area (Å²) in [6.07, 6.45) is 0.334. The maximum atomic E-state index is 12.4. The quantitative estimate of drug-likeness (QED) is 0.782. The minimum Gasteiger partial charge on any atom is -0.344 e. The van der Waals surface area contributed by atoms with E-state index in [0.29, 0.717) is 18.1 Å². The van der Waals surface area contributed by atoms with Crippen LogP contribution in [0, 0.1) is 5.92 Å². The number of aromatic nitrogens is 2. The van der Waals surface area contributed by atoms with Gasteiger partial charge in [0.2, 0.25) is 11.8 Å². The van der Waals surface area contributed by atoms with Crippen LogP contribution in [-0.4, -0.2) is 47.6 Å². The Labute approximate surface area is 166 Å². The highest BCUT2D eigenvalue weighted by atomic mass is 35.5. The first-order chi connectivity index (χ1) is 12.5. The average Bonchev–Trinajstić information content (AvgIpc) is 3.10. The van der Waals surface area contributed by atoms with Crippen LogP contribution in [0.15, 0.2) is 34.9 Å². The molecule has 1 amide bonds. The van der Waals surface area contributed by atoms with Crippen LogP contribution in [0.2, 0.25) is 0 Å². The molecule has 0 saturated carbocycles. The van der Waals surface area contributed by atoms with E-state index in [0.717, 1.165) is 25.2 Å². The molecule has 1 aliphatic heterocycles. The predicted octanol–water partition coefficient (Wildman–Crippen LogP) is 2.12. The number of likely N-dealkylation sites (N-methyl/N-ethyl adjacent to an activating group) is 1. The van der Waals surface area contributed by atoms with Crippen molar-refractivity contribution in [3.05, 3.63) is 47.6 Å². The van der Waals surface area contributed by atoms with Crippen LogP contribution >= 0.6 is 12.4 Å². The van der Waals surface area contributed by atoms with Crippen molar-refractivity contribution >= 4 is 18.3 Å². The lowest BCUT2D eigenvalue weighted by molar-refractivity contribution is -0.121. The fraction of sp³-hybridized carbons (Fsp3) is 0.526. The van der Waals surface area contributed by atoms with Crippen molar-refractivity contribution in [3.8, 4) is 0 Å². The molecule has 0 bridgehead atoms. The largest absolute Gasteiger partial charge is 0.344 e. The van der Waals surface area contributed by atoms with Gasteiger partial charge in [-0.05, 0) is 18.5 Å². The van der Waals surface area contributed by atoms with Crippen molar-refractivity contribution in [3.63, 3.8) is 0 Å². The zero-order valence-electron chi connectivity index (χ0n) is 16.0. The Kier molecular flexibility index (Phi) is 7.77. The molecule has 1 fully saturated rings. The molecule has 27 heavy (non-hydrogen) atoms. The Morgan fingerprint density at radius 2 is 2.11 bits per heavy atom. The number of rotatable bonds is 6. The second-order valence-corrected chi connectivity index (χ2v) is 7.14. The van der Waals surface area contributed by atoms with Crippen molar-refractivity contribution < 1.29 is 9.32 Å². The minimum absolute atomic E-state index is 0. The van der Waals surface area contributed by atoms with E-state index in [1.54, 1.807) is 0 Å². The van der Waals surface area contributed by atoms with Gasteiger partial charge in [0.25, 0.3) is 0 Å². The van der Waals surface area contributed by atoms with Gasteiger partial charge < -0.3 is 15.2 Å². The Hall–Kier alpha value is -1.96. The SMILES string of the molecule is CC(C)C(NC(=O)Cc1ccccc1)c1nc(C2CNCCN2C)no1.Cl. The second kappa shape index (κ2) is 9.82. The van der Waals surface area contributed by atoms with Crippen LogP contribution in [0.25, 0.3) is 0 Å². The molecule has 7 nitrogen and oxygen atoms in total. The smallest absolute Gasteiger partial charge is 0.249 e. The number of halogens is 1. The van der Waals surface area contributed by atoms with Crippen molar-refractivity contribution in [1.82, 2.24) is 25.7 Å². The number of nitrogens with one attached hydrogen (secondary N) is 2. The summed E-state index contributed by atoms with van der Waals surface area (Å²) in [7, 11) is 2.06. The molecule has 1 aliphatic rings. The zero-order valence-corrected chi connectivity index (χ0v) is 16.8. The molecule has 1 aromatic heterocycles. The summed E-state index contributed by atoms with van der Waals surface area (Å²) in [5.41, 5.74) is 0.980. The van der Waals surface area contributed by atoms with Crippen LogP contribution in [0.5, 0.6) is 0 Å². The minimum atomic E-state index is -0.297. The lowest BCUT2D eigenvalue weighted by Crippen LogP contribution is -2.44. The van der Waals surface area contributed by atoms with Gasteiger partial charge in [-0.3, -0.25) is 9.69 Å². The fourth-order valence-corrected chi connectivity index (χ4v) is 3.12. The molecule has 1 saturated heterocycles. The van der Waals surface area contributed by atoms with Gasteiger partial charge in [0, 0.05) is 19.6 Å². The first-order valence-electron chi connectivity index (χ1n) is 9.12. The first kappa shape index (κ1) is 21.3. The molecular formula is C19H28ClN5O2. The molecule has 2 aromatic rings. The molecule has 0 spiro atoms. The van der Waals surface area contributed by atoms with Gasteiger partial charge in [0.15, 0.2) is 5.82 Å². The summed E-state index contributed by atoms with van der Waals surface area (Å²) in [6.45, 7) is 6.76. The summed E-state index contributed by atoms with van der Waals surface area (Å²) >= 11 is 0. The van der Waals surface area contributed by atoms with E-state index < -0.39 is 0 Å². The van der Waals surface area contributed by atoms with Crippen LogP contribution < -0.4 is 10.6 Å². The molecule has 8 heteroatoms. The summed E-state index contributed by atoms with van der Waals surface area (Å²) in [6, 6.07) is 9.49. The van der Waals surface area contributed by atoms with Crippen molar-refractivity contribution in [2.24, 2.45) is 5.92 Å². The molecule has 3 rings (SSSR count). The molecule has 2 atom stereocenters. The zero-order chi connectivity index (χ0) is 18.5. The highest BCUT2D eigenvalue weighted by Crippen LogP contribution is 2.24. The van der Waals surface area contributed by atoms with Crippen LogP contribution in [0.4, 0.5) is 0 Å². The van der Waals surface area contributed by atoms with Crippen molar-refractivity contribution in [2.45, 2.75) is 32.4 Å². The van der Waals surface area contributed by atoms with Crippen LogP contribution in [-0.2, 0) is 11.2 Å². The summed E-state index contributed by atoms with van der Waals surface area (Å²) < 4.78 is 5.51. The molecule has 148 valence electrons. The Balaban J connectivity index is 0.00000261. The van der Waals surface area contributed by atoms with Gasteiger partial charge >= 0.3 is 0 Å². The predicted molar refractivity (Wildman–Crippen MR) is 106 cm³/mol. The third-order valence-electron chi connectivity index (χ3n) is 4.72. The van der Waals surface area contributed by atoms with Crippen molar-refractivity contribution in [2.75, 3.05) is 26.7 Å². The van der Waals surface area contributed by atoms with E-state index in [1.165, 1.54) is 0 Å². The lowest BCUT2D eigenvalue weighted by Gasteiger charge is -2.30. The van der Waals surface area contributed by atoms with Gasteiger partial charge in [-0.1, -0.05) is 49.3 Å². The number of hydrogen-bond donors (Lipinski definition) is 2. The molecule has 2 heterocycles. The summed E-state index contributed by atoms with van der Waals surface area (Å²) in [5.74, 6) is 1.23. The first-order valence-corrected chi connectivity index (χ1v) is 9.12. The van der Waals surface area contributed by atoms with E-state index in [9.17, 15) is 4.79 Å². The average molecular weight is 394 g/mol. The highest BCUT2D eigenvalue weighted by molar-refractivity contribution is 5.85. The number of amides is 1. The fourth-order valence-electron chi connectivity index (χ4n) is 3.12. The van der Waals surface area contributed by atoms with Gasteiger partial charge in [-0.2, -0.15) is 4.98 Å². The van der Waals surface area contributed by atoms with E-state index in [2.05, 4.69) is 32.7 Å². The highest BCUT2D eigenvalue weighted by Gasteiger charge is 2.29. The molecule has 2 unspecified atom stereocenters. The number of carbonyl (C=O) groups excluding carboxylic acids is 1. The van der Waals surface area contributed by atoms with E-state index in [4.69, 9.17) is 4.52 Å². The van der Waals surface area contributed by atoms with Gasteiger partial charge in [0.1, 0.15) is 6.04 Å². The van der Waals surface area contributed by atoms with E-state index in [1.807, 2.05) is 44.2 Å². The van der Waals surface area contributed by atoms with E-state index >= 15 is 0 Å². The van der Waals surface area contributed by atoms with Crippen LogP contribution in [0.3, 0.4) is 0 Å². The summed E-state index contributed by atoms with van der Waals surface area (Å²) in [4.78, 5) is 19.2. The number of carbonyl (C=O) groups is 1. The molecule has 0 radical (unpaired) electrons. The monoisotopic (exact) mass is 393 g/mol. The van der Waals surface area contributed by atoms with Crippen molar-refractivity contribution in [1.29, 1.82) is 0 Å². The Morgan fingerprint density at radius 3 is 2.78 bits per heavy atom. The van der Waals surface area contributed by atoms with E-state index in [-0.39, 0.29) is 36.3 Å². The second-order valence-electron chi connectivity index (χ2n) is 7.14. The van der Waals surface area contributed by atoms with Gasteiger partial charge in [-0.15, -0.1) is 12.4 Å². The standard InChI is InChI=1S/C19H27N5O2.ClH/c1-13(2)17(21-16(25)11-14-7-5-4-6-8-14)19-22-18(23-26-19)15-12-20-9-10-24(15)3;/h4-8,13,15,17,20H,9-12H2,1-3H3,(H,21,25);1H. The third kappa shape index (κ3) is 5.51. The third-order valence-corrected chi connectivity index (χ3v) is 4.72. The number of nitrogens with zero attached hydrogens (tertiary/aromatic N) is 3. The number of hydrogen-bond acceptors (Lipinski definition) is 6. The molecule has 1 aromatic carbocycles. The Morgan fingerprint density at radius 1 is 1.37 bits per heavy atom. The number of piperazine rings is 1. The Bertz CT molecular complexity index is 722. The van der Waals surface area contributed by atoms with Gasteiger partial charge in [0.05, 0.1) is 12.5 Å². The lowest BCUT2D eigenvalue weighted by atomic mass is 10.0. The molecule has 0 aliphatic carbocycles. The summed E-state index contributed by atoms with van der Waals surface area (Å²) in [5, 5.41) is 10.6. The normalized spacial score (nSPS) is 18.7. The van der Waals surface area contributed by atoms with Crippen LogP contribution in [0.1, 0.15) is 43.2 Å². The maximum Gasteiger partial charge on any atom is 0.249 e. The maximum absolute atomic E-state index is 12.4. The molecular weight excluding hydrogens is 366 g/mol.